The summed E-state index contributed by atoms with van der Waals surface area (Å²) in [5, 5.41) is 0. The Morgan fingerprint density at radius 3 is 2.05 bits per heavy atom. The molecule has 1 aromatic rings. The normalized spacial score (nSPS) is 13.1. The molecular weight excluding hydrogens is 270 g/mol. The number of benzene rings is 1. The Balaban J connectivity index is 2.53. The van der Waals surface area contributed by atoms with E-state index in [2.05, 4.69) is 0 Å². The van der Waals surface area contributed by atoms with Gasteiger partial charge in [0, 0.05) is 13.1 Å². The molecule has 0 spiro atoms. The number of hydrogen-bond donors (Lipinski definition) is 0. The lowest BCUT2D eigenvalue weighted by Gasteiger charge is -2.25. The van der Waals surface area contributed by atoms with Crippen LogP contribution in [-0.2, 0) is 9.47 Å². The van der Waals surface area contributed by atoms with Gasteiger partial charge in [-0.25, -0.2) is 9.59 Å². The molecule has 1 aromatic carbocycles. The van der Waals surface area contributed by atoms with Crippen molar-refractivity contribution in [3.8, 4) is 0 Å². The first-order valence-electron chi connectivity index (χ1n) is 7.21. The van der Waals surface area contributed by atoms with Crippen molar-refractivity contribution in [2.75, 3.05) is 13.1 Å². The zero-order valence-electron chi connectivity index (χ0n) is 13.0. The van der Waals surface area contributed by atoms with Gasteiger partial charge in [-0.1, -0.05) is 18.2 Å². The summed E-state index contributed by atoms with van der Waals surface area (Å²) < 4.78 is 10.6. The number of hydrogen-bond acceptors (Lipinski definition) is 4. The van der Waals surface area contributed by atoms with Gasteiger partial charge >= 0.3 is 12.1 Å². The van der Waals surface area contributed by atoms with Gasteiger partial charge in [-0.05, 0) is 39.8 Å². The van der Waals surface area contributed by atoms with Crippen LogP contribution in [0, 0.1) is 0 Å². The zero-order valence-corrected chi connectivity index (χ0v) is 13.0. The number of esters is 1. The van der Waals surface area contributed by atoms with Crippen LogP contribution in [0.15, 0.2) is 30.3 Å². The largest absolute Gasteiger partial charge is 0.455 e. The van der Waals surface area contributed by atoms with E-state index in [1.807, 2.05) is 19.9 Å². The van der Waals surface area contributed by atoms with Crippen molar-refractivity contribution in [1.82, 2.24) is 4.90 Å². The van der Waals surface area contributed by atoms with Crippen LogP contribution in [-0.4, -0.2) is 42.3 Å². The second-order valence-corrected chi connectivity index (χ2v) is 4.74. The monoisotopic (exact) mass is 293 g/mol. The highest BCUT2D eigenvalue weighted by Gasteiger charge is 2.23. The highest BCUT2D eigenvalue weighted by atomic mass is 16.6. The van der Waals surface area contributed by atoms with Crippen LogP contribution in [0.1, 0.15) is 38.1 Å². The van der Waals surface area contributed by atoms with E-state index in [4.69, 9.17) is 9.47 Å². The maximum Gasteiger partial charge on any atom is 0.410 e. The van der Waals surface area contributed by atoms with Crippen LogP contribution in [0.25, 0.3) is 0 Å². The molecule has 5 nitrogen and oxygen atoms in total. The predicted octanol–water partition coefficient (Wildman–Crippen LogP) is 3.10. The Labute approximate surface area is 125 Å². The van der Waals surface area contributed by atoms with Gasteiger partial charge in [0.2, 0.25) is 0 Å². The van der Waals surface area contributed by atoms with Crippen molar-refractivity contribution in [3.63, 3.8) is 0 Å². The fourth-order valence-corrected chi connectivity index (χ4v) is 1.72. The second-order valence-electron chi connectivity index (χ2n) is 4.74. The summed E-state index contributed by atoms with van der Waals surface area (Å²) in [5.74, 6) is -0.422. The minimum atomic E-state index is -0.516. The average molecular weight is 293 g/mol. The van der Waals surface area contributed by atoms with Gasteiger partial charge in [-0.3, -0.25) is 0 Å². The minimum Gasteiger partial charge on any atom is -0.455 e. The first-order valence-corrected chi connectivity index (χ1v) is 7.21. The van der Waals surface area contributed by atoms with E-state index in [1.54, 1.807) is 43.0 Å². The number of rotatable bonds is 6. The Bertz CT molecular complexity index is 457. The number of nitrogens with zero attached hydrogens (tertiary/aromatic N) is 1. The molecule has 0 saturated carbocycles. The standard InChI is InChI=1S/C16H23NO4/c1-5-17(6-2)16(19)21-13(4)12(3)20-15(18)14-10-8-7-9-11-14/h7-13H,5-6H2,1-4H3. The number of ether oxygens (including phenoxy) is 2. The molecule has 0 radical (unpaired) electrons. The molecule has 5 heteroatoms. The zero-order chi connectivity index (χ0) is 15.8. The summed E-state index contributed by atoms with van der Waals surface area (Å²) in [4.78, 5) is 25.3. The van der Waals surface area contributed by atoms with Crippen LogP contribution in [0.4, 0.5) is 4.79 Å². The Hall–Kier alpha value is -2.04. The maximum atomic E-state index is 11.9. The molecule has 0 N–H and O–H groups in total. The third-order valence-corrected chi connectivity index (χ3v) is 3.27. The van der Waals surface area contributed by atoms with Crippen LogP contribution in [0.3, 0.4) is 0 Å². The summed E-state index contributed by atoms with van der Waals surface area (Å²) in [5.41, 5.74) is 0.478. The highest BCUT2D eigenvalue weighted by molar-refractivity contribution is 5.89. The third kappa shape index (κ3) is 5.10. The van der Waals surface area contributed by atoms with Crippen LogP contribution in [0.5, 0.6) is 0 Å². The fourth-order valence-electron chi connectivity index (χ4n) is 1.72. The molecule has 0 aliphatic heterocycles. The van der Waals surface area contributed by atoms with E-state index in [1.165, 1.54) is 0 Å². The molecule has 2 atom stereocenters. The van der Waals surface area contributed by atoms with Gasteiger partial charge in [0.25, 0.3) is 0 Å². The van der Waals surface area contributed by atoms with Crippen molar-refractivity contribution >= 4 is 12.1 Å². The van der Waals surface area contributed by atoms with Crippen molar-refractivity contribution in [3.05, 3.63) is 35.9 Å². The minimum absolute atomic E-state index is 0.393. The van der Waals surface area contributed by atoms with E-state index >= 15 is 0 Å². The molecule has 0 aromatic heterocycles. The van der Waals surface area contributed by atoms with Crippen molar-refractivity contribution < 1.29 is 19.1 Å². The SMILES string of the molecule is CCN(CC)C(=O)OC(C)C(C)OC(=O)c1ccccc1. The first-order chi connectivity index (χ1) is 9.99. The van der Waals surface area contributed by atoms with Crippen molar-refractivity contribution in [1.29, 1.82) is 0 Å². The van der Waals surface area contributed by atoms with E-state index in [0.717, 1.165) is 0 Å². The Morgan fingerprint density at radius 1 is 1.00 bits per heavy atom. The summed E-state index contributed by atoms with van der Waals surface area (Å²) in [6.07, 6.45) is -1.42. The number of carbonyl (C=O) groups is 2. The topological polar surface area (TPSA) is 55.8 Å². The van der Waals surface area contributed by atoms with Crippen LogP contribution >= 0.6 is 0 Å². The van der Waals surface area contributed by atoms with E-state index in [0.29, 0.717) is 18.7 Å². The molecule has 0 saturated heterocycles. The van der Waals surface area contributed by atoms with Gasteiger partial charge in [0.05, 0.1) is 5.56 Å². The molecule has 0 fully saturated rings. The third-order valence-electron chi connectivity index (χ3n) is 3.27. The summed E-state index contributed by atoms with van der Waals surface area (Å²) in [6, 6.07) is 8.73. The smallest absolute Gasteiger partial charge is 0.410 e. The number of amides is 1. The molecule has 0 aliphatic rings. The molecule has 1 amide bonds. The van der Waals surface area contributed by atoms with E-state index < -0.39 is 24.3 Å². The summed E-state index contributed by atoms with van der Waals surface area (Å²) >= 11 is 0. The molecule has 116 valence electrons. The van der Waals surface area contributed by atoms with Gasteiger partial charge in [-0.15, -0.1) is 0 Å². The van der Waals surface area contributed by atoms with Crippen molar-refractivity contribution in [2.24, 2.45) is 0 Å². The van der Waals surface area contributed by atoms with Crippen LogP contribution < -0.4 is 0 Å². The highest BCUT2D eigenvalue weighted by Crippen LogP contribution is 2.10. The van der Waals surface area contributed by atoms with Gasteiger partial charge in [-0.2, -0.15) is 0 Å². The quantitative estimate of drug-likeness (QED) is 0.756. The van der Waals surface area contributed by atoms with Gasteiger partial charge in [0.15, 0.2) is 0 Å². The lowest BCUT2D eigenvalue weighted by Crippen LogP contribution is -2.37. The van der Waals surface area contributed by atoms with E-state index in [9.17, 15) is 9.59 Å². The first kappa shape index (κ1) is 17.0. The Morgan fingerprint density at radius 2 is 1.52 bits per heavy atom. The maximum absolute atomic E-state index is 11.9. The van der Waals surface area contributed by atoms with E-state index in [-0.39, 0.29) is 0 Å². The predicted molar refractivity (Wildman–Crippen MR) is 80.2 cm³/mol. The molecule has 2 unspecified atom stereocenters. The number of carbonyl (C=O) groups excluding carboxylic acids is 2. The average Bonchev–Trinajstić information content (AvgIpc) is 2.49. The molecule has 0 aliphatic carbocycles. The Kier molecular flexibility index (Phi) is 6.72. The summed E-state index contributed by atoms with van der Waals surface area (Å²) in [6.45, 7) is 8.36. The molecule has 1 rings (SSSR count). The molecule has 21 heavy (non-hydrogen) atoms. The lowest BCUT2D eigenvalue weighted by atomic mass is 10.2. The van der Waals surface area contributed by atoms with Gasteiger partial charge in [0.1, 0.15) is 12.2 Å². The second kappa shape index (κ2) is 8.29. The van der Waals surface area contributed by atoms with Crippen molar-refractivity contribution in [2.45, 2.75) is 39.9 Å². The summed E-state index contributed by atoms with van der Waals surface area (Å²) in [7, 11) is 0. The molecule has 0 bridgehead atoms. The molecular formula is C16H23NO4. The molecule has 0 heterocycles. The van der Waals surface area contributed by atoms with Gasteiger partial charge < -0.3 is 14.4 Å². The lowest BCUT2D eigenvalue weighted by molar-refractivity contribution is -0.0196. The van der Waals surface area contributed by atoms with Crippen LogP contribution in [0.2, 0.25) is 0 Å². The fraction of sp³-hybridized carbons (Fsp3) is 0.500.